The summed E-state index contributed by atoms with van der Waals surface area (Å²) in [6, 6.07) is 14.9. The van der Waals surface area contributed by atoms with Crippen molar-refractivity contribution in [2.45, 2.75) is 18.9 Å². The van der Waals surface area contributed by atoms with Gasteiger partial charge in [0.25, 0.3) is 0 Å². The van der Waals surface area contributed by atoms with Gasteiger partial charge >= 0.3 is 0 Å². The van der Waals surface area contributed by atoms with E-state index in [-0.39, 0.29) is 18.6 Å². The molecule has 0 saturated carbocycles. The van der Waals surface area contributed by atoms with Crippen molar-refractivity contribution < 1.29 is 19.0 Å². The molecule has 1 atom stereocenters. The zero-order chi connectivity index (χ0) is 19.6. The second-order valence-electron chi connectivity index (χ2n) is 6.47. The number of amides is 1. The first-order chi connectivity index (χ1) is 13.7. The molecule has 1 amide bonds. The second kappa shape index (κ2) is 10.4. The van der Waals surface area contributed by atoms with Gasteiger partial charge in [-0.25, -0.2) is 0 Å². The molecule has 1 saturated heterocycles. The van der Waals surface area contributed by atoms with Crippen molar-refractivity contribution in [2.75, 3.05) is 37.0 Å². The van der Waals surface area contributed by atoms with Gasteiger partial charge in [0.1, 0.15) is 24.7 Å². The van der Waals surface area contributed by atoms with E-state index in [0.717, 1.165) is 30.9 Å². The fourth-order valence-electron chi connectivity index (χ4n) is 2.88. The highest BCUT2D eigenvalue weighted by Crippen LogP contribution is 2.25. The molecular formula is C22H26N2O4. The normalized spacial score (nSPS) is 15.6. The molecule has 28 heavy (non-hydrogen) atoms. The van der Waals surface area contributed by atoms with Gasteiger partial charge in [-0.1, -0.05) is 30.9 Å². The Labute approximate surface area is 165 Å². The van der Waals surface area contributed by atoms with Gasteiger partial charge in [-0.2, -0.15) is 0 Å². The Morgan fingerprint density at radius 1 is 1.21 bits per heavy atom. The Balaban J connectivity index is 1.51. The van der Waals surface area contributed by atoms with Gasteiger partial charge < -0.3 is 24.8 Å². The summed E-state index contributed by atoms with van der Waals surface area (Å²) in [5.74, 6) is 1.20. The third-order valence-electron chi connectivity index (χ3n) is 4.26. The molecule has 3 rings (SSSR count). The molecule has 6 heteroatoms. The SMILES string of the molecule is C=CCOc1cccc(NCC(=O)Nc2ccccc2OCC2CCCO2)c1. The molecule has 1 unspecified atom stereocenters. The Morgan fingerprint density at radius 2 is 2.11 bits per heavy atom. The fraction of sp³-hybridized carbons (Fsp3) is 0.318. The zero-order valence-electron chi connectivity index (χ0n) is 15.9. The summed E-state index contributed by atoms with van der Waals surface area (Å²) in [5.41, 5.74) is 1.45. The monoisotopic (exact) mass is 382 g/mol. The molecule has 2 aromatic rings. The van der Waals surface area contributed by atoms with Crippen LogP contribution in [-0.2, 0) is 9.53 Å². The van der Waals surface area contributed by atoms with Crippen LogP contribution in [0.25, 0.3) is 0 Å². The molecule has 2 N–H and O–H groups in total. The largest absolute Gasteiger partial charge is 0.489 e. The molecule has 0 radical (unpaired) electrons. The Bertz CT molecular complexity index is 788. The van der Waals surface area contributed by atoms with Gasteiger partial charge in [-0.3, -0.25) is 4.79 Å². The molecule has 1 aliphatic rings. The molecule has 0 bridgehead atoms. The van der Waals surface area contributed by atoms with Crippen molar-refractivity contribution in [2.24, 2.45) is 0 Å². The van der Waals surface area contributed by atoms with Crippen molar-refractivity contribution in [3.05, 3.63) is 61.2 Å². The summed E-state index contributed by atoms with van der Waals surface area (Å²) in [7, 11) is 0. The number of carbonyl (C=O) groups is 1. The maximum absolute atomic E-state index is 12.4. The van der Waals surface area contributed by atoms with Gasteiger partial charge in [0.15, 0.2) is 0 Å². The van der Waals surface area contributed by atoms with Crippen LogP contribution in [0.15, 0.2) is 61.2 Å². The van der Waals surface area contributed by atoms with E-state index in [1.165, 1.54) is 0 Å². The molecule has 2 aromatic carbocycles. The summed E-state index contributed by atoms with van der Waals surface area (Å²) < 4.78 is 16.9. The predicted octanol–water partition coefficient (Wildman–Crippen LogP) is 3.86. The molecule has 1 aliphatic heterocycles. The number of carbonyl (C=O) groups excluding carboxylic acids is 1. The lowest BCUT2D eigenvalue weighted by molar-refractivity contribution is -0.114. The summed E-state index contributed by atoms with van der Waals surface area (Å²) in [4.78, 5) is 12.4. The van der Waals surface area contributed by atoms with Gasteiger partial charge in [0.2, 0.25) is 5.91 Å². The van der Waals surface area contributed by atoms with Crippen LogP contribution in [0.5, 0.6) is 11.5 Å². The van der Waals surface area contributed by atoms with Crippen molar-refractivity contribution in [1.29, 1.82) is 0 Å². The van der Waals surface area contributed by atoms with Crippen LogP contribution in [0.2, 0.25) is 0 Å². The minimum Gasteiger partial charge on any atom is -0.489 e. The summed E-state index contributed by atoms with van der Waals surface area (Å²) >= 11 is 0. The first kappa shape index (κ1) is 19.8. The molecule has 6 nitrogen and oxygen atoms in total. The topological polar surface area (TPSA) is 68.8 Å². The minimum atomic E-state index is -0.162. The first-order valence-corrected chi connectivity index (χ1v) is 9.45. The zero-order valence-corrected chi connectivity index (χ0v) is 15.9. The smallest absolute Gasteiger partial charge is 0.243 e. The van der Waals surface area contributed by atoms with E-state index in [0.29, 0.717) is 24.7 Å². The maximum atomic E-state index is 12.4. The average Bonchev–Trinajstić information content (AvgIpc) is 3.24. The van der Waals surface area contributed by atoms with E-state index < -0.39 is 0 Å². The average molecular weight is 382 g/mol. The maximum Gasteiger partial charge on any atom is 0.243 e. The minimum absolute atomic E-state index is 0.126. The standard InChI is InChI=1S/C22H26N2O4/c1-2-12-26-18-8-5-7-17(14-18)23-15-22(25)24-20-10-3-4-11-21(20)28-16-19-9-6-13-27-19/h2-5,7-8,10-11,14,19,23H,1,6,9,12-13,15-16H2,(H,24,25). The van der Waals surface area contributed by atoms with E-state index in [2.05, 4.69) is 17.2 Å². The predicted molar refractivity (Wildman–Crippen MR) is 110 cm³/mol. The fourth-order valence-corrected chi connectivity index (χ4v) is 2.88. The van der Waals surface area contributed by atoms with Crippen LogP contribution >= 0.6 is 0 Å². The van der Waals surface area contributed by atoms with Crippen LogP contribution in [-0.4, -0.2) is 38.4 Å². The Hall–Kier alpha value is -2.99. The number of nitrogens with one attached hydrogen (secondary N) is 2. The van der Waals surface area contributed by atoms with Gasteiger partial charge in [0.05, 0.1) is 18.3 Å². The lowest BCUT2D eigenvalue weighted by atomic mass is 10.2. The highest BCUT2D eigenvalue weighted by atomic mass is 16.5. The van der Waals surface area contributed by atoms with E-state index in [4.69, 9.17) is 14.2 Å². The first-order valence-electron chi connectivity index (χ1n) is 9.45. The lowest BCUT2D eigenvalue weighted by Gasteiger charge is -2.15. The molecule has 1 fully saturated rings. The number of benzene rings is 2. The molecule has 148 valence electrons. The highest BCUT2D eigenvalue weighted by Gasteiger charge is 2.17. The van der Waals surface area contributed by atoms with Crippen molar-refractivity contribution in [1.82, 2.24) is 0 Å². The Morgan fingerprint density at radius 3 is 2.93 bits per heavy atom. The van der Waals surface area contributed by atoms with E-state index in [1.54, 1.807) is 6.08 Å². The number of anilines is 2. The molecule has 0 aromatic heterocycles. The van der Waals surface area contributed by atoms with Crippen molar-refractivity contribution in [3.63, 3.8) is 0 Å². The Kier molecular flexibility index (Phi) is 7.32. The van der Waals surface area contributed by atoms with E-state index >= 15 is 0 Å². The lowest BCUT2D eigenvalue weighted by Crippen LogP contribution is -2.22. The quantitative estimate of drug-likeness (QED) is 0.611. The highest BCUT2D eigenvalue weighted by molar-refractivity contribution is 5.95. The van der Waals surface area contributed by atoms with Crippen molar-refractivity contribution in [3.8, 4) is 11.5 Å². The summed E-state index contributed by atoms with van der Waals surface area (Å²) in [6.07, 6.45) is 3.89. The number of hydrogen-bond donors (Lipinski definition) is 2. The van der Waals surface area contributed by atoms with Crippen LogP contribution in [0.1, 0.15) is 12.8 Å². The molecular weight excluding hydrogens is 356 g/mol. The number of hydrogen-bond acceptors (Lipinski definition) is 5. The van der Waals surface area contributed by atoms with E-state index in [1.807, 2.05) is 48.5 Å². The third kappa shape index (κ3) is 6.03. The van der Waals surface area contributed by atoms with Crippen LogP contribution < -0.4 is 20.1 Å². The molecule has 0 aliphatic carbocycles. The number of para-hydroxylation sites is 2. The third-order valence-corrected chi connectivity index (χ3v) is 4.26. The van der Waals surface area contributed by atoms with Gasteiger partial charge in [0, 0.05) is 18.4 Å². The molecule has 1 heterocycles. The number of ether oxygens (including phenoxy) is 3. The second-order valence-corrected chi connectivity index (χ2v) is 6.47. The summed E-state index contributed by atoms with van der Waals surface area (Å²) in [6.45, 7) is 5.47. The van der Waals surface area contributed by atoms with Gasteiger partial charge in [-0.05, 0) is 37.1 Å². The summed E-state index contributed by atoms with van der Waals surface area (Å²) in [5, 5.41) is 5.99. The van der Waals surface area contributed by atoms with Crippen LogP contribution in [0.4, 0.5) is 11.4 Å². The van der Waals surface area contributed by atoms with Crippen LogP contribution in [0, 0.1) is 0 Å². The van der Waals surface area contributed by atoms with E-state index in [9.17, 15) is 4.79 Å². The van der Waals surface area contributed by atoms with Crippen LogP contribution in [0.3, 0.4) is 0 Å². The van der Waals surface area contributed by atoms with Crippen molar-refractivity contribution >= 4 is 17.3 Å². The molecule has 0 spiro atoms. The van der Waals surface area contributed by atoms with Gasteiger partial charge in [-0.15, -0.1) is 0 Å². The number of rotatable bonds is 10.